The molecular formula is C54H42N2. The van der Waals surface area contributed by atoms with E-state index < -0.39 is 0 Å². The van der Waals surface area contributed by atoms with Gasteiger partial charge in [0.15, 0.2) is 0 Å². The van der Waals surface area contributed by atoms with Crippen LogP contribution in [0.3, 0.4) is 0 Å². The first kappa shape index (κ1) is 32.8. The molecule has 0 N–H and O–H groups in total. The number of fused-ring (bicyclic) bond motifs is 3. The maximum Gasteiger partial charge on any atom is 0.0582 e. The van der Waals surface area contributed by atoms with Gasteiger partial charge in [-0.1, -0.05) is 138 Å². The summed E-state index contributed by atoms with van der Waals surface area (Å²) in [4.78, 5) is 2.38. The highest BCUT2D eigenvalue weighted by Crippen LogP contribution is 2.56. The fourth-order valence-electron chi connectivity index (χ4n) is 9.88. The zero-order chi connectivity index (χ0) is 38.1. The van der Waals surface area contributed by atoms with Crippen LogP contribution in [0, 0.1) is 0 Å². The molecule has 2 nitrogen and oxygen atoms in total. The minimum atomic E-state index is -0.200. The van der Waals surface area contributed by atoms with Gasteiger partial charge < -0.3 is 9.47 Å². The molecule has 0 unspecified atom stereocenters. The van der Waals surface area contributed by atoms with Crippen molar-refractivity contribution in [3.63, 3.8) is 0 Å². The van der Waals surface area contributed by atoms with Crippen LogP contribution in [0.5, 0.6) is 0 Å². The highest BCUT2D eigenvalue weighted by Gasteiger charge is 2.43. The molecule has 2 aliphatic rings. The minimum absolute atomic E-state index is 0.181. The molecule has 0 aliphatic carbocycles. The first-order valence-electron chi connectivity index (χ1n) is 19.6. The van der Waals surface area contributed by atoms with Crippen molar-refractivity contribution < 1.29 is 0 Å². The number of anilines is 3. The third kappa shape index (κ3) is 4.44. The normalized spacial score (nSPS) is 14.5. The summed E-state index contributed by atoms with van der Waals surface area (Å²) >= 11 is 0. The topological polar surface area (TPSA) is 8.17 Å². The van der Waals surface area contributed by atoms with Gasteiger partial charge >= 0.3 is 0 Å². The number of para-hydroxylation sites is 1. The van der Waals surface area contributed by atoms with Gasteiger partial charge in [0.25, 0.3) is 0 Å². The van der Waals surface area contributed by atoms with Gasteiger partial charge in [0.05, 0.1) is 16.7 Å². The summed E-state index contributed by atoms with van der Waals surface area (Å²) in [5.41, 5.74) is 17.0. The van der Waals surface area contributed by atoms with Gasteiger partial charge in [0.1, 0.15) is 0 Å². The van der Waals surface area contributed by atoms with Crippen molar-refractivity contribution in [2.45, 2.75) is 38.5 Å². The van der Waals surface area contributed by atoms with Crippen molar-refractivity contribution >= 4 is 66.0 Å². The van der Waals surface area contributed by atoms with E-state index in [2.05, 4.69) is 202 Å². The quantitative estimate of drug-likeness (QED) is 0.155. The number of aromatic nitrogens is 1. The van der Waals surface area contributed by atoms with E-state index in [4.69, 9.17) is 0 Å². The lowest BCUT2D eigenvalue weighted by Gasteiger charge is -2.42. The summed E-state index contributed by atoms with van der Waals surface area (Å²) < 4.78 is 2.59. The van der Waals surface area contributed by atoms with E-state index in [1.807, 2.05) is 6.08 Å². The third-order valence-corrected chi connectivity index (χ3v) is 13.0. The molecule has 0 fully saturated rings. The van der Waals surface area contributed by atoms with E-state index in [-0.39, 0.29) is 10.8 Å². The lowest BCUT2D eigenvalue weighted by Crippen LogP contribution is -2.33. The van der Waals surface area contributed by atoms with Crippen LogP contribution in [0.4, 0.5) is 17.1 Å². The van der Waals surface area contributed by atoms with Crippen molar-refractivity contribution in [2.24, 2.45) is 0 Å². The molecule has 9 aromatic rings. The van der Waals surface area contributed by atoms with Crippen LogP contribution in [0.15, 0.2) is 171 Å². The Morgan fingerprint density at radius 3 is 1.59 bits per heavy atom. The predicted octanol–water partition coefficient (Wildman–Crippen LogP) is 14.7. The Labute approximate surface area is 328 Å². The molecule has 3 heterocycles. The molecule has 0 radical (unpaired) electrons. The van der Waals surface area contributed by atoms with Crippen LogP contribution in [0.1, 0.15) is 55.5 Å². The smallest absolute Gasteiger partial charge is 0.0582 e. The Kier molecular flexibility index (Phi) is 6.69. The number of hydrogen-bond acceptors (Lipinski definition) is 1. The van der Waals surface area contributed by atoms with E-state index in [0.717, 1.165) is 28.2 Å². The van der Waals surface area contributed by atoms with Gasteiger partial charge in [-0.15, -0.1) is 0 Å². The van der Waals surface area contributed by atoms with Gasteiger partial charge in [-0.2, -0.15) is 0 Å². The van der Waals surface area contributed by atoms with E-state index in [9.17, 15) is 0 Å². The highest BCUT2D eigenvalue weighted by atomic mass is 15.1. The van der Waals surface area contributed by atoms with Crippen LogP contribution in [-0.4, -0.2) is 4.57 Å². The second kappa shape index (κ2) is 11.4. The Morgan fingerprint density at radius 2 is 1.02 bits per heavy atom. The van der Waals surface area contributed by atoms with E-state index >= 15 is 0 Å². The maximum absolute atomic E-state index is 4.41. The van der Waals surface area contributed by atoms with Crippen molar-refractivity contribution in [3.05, 3.63) is 199 Å². The molecule has 2 heteroatoms. The second-order valence-electron chi connectivity index (χ2n) is 16.8. The molecule has 2 aliphatic heterocycles. The lowest BCUT2D eigenvalue weighted by atomic mass is 9.68. The van der Waals surface area contributed by atoms with E-state index in [1.165, 1.54) is 82.4 Å². The highest BCUT2D eigenvalue weighted by molar-refractivity contribution is 6.16. The van der Waals surface area contributed by atoms with Crippen molar-refractivity contribution in [3.8, 4) is 16.8 Å². The minimum Gasteiger partial charge on any atom is -0.310 e. The fourth-order valence-corrected chi connectivity index (χ4v) is 9.88. The van der Waals surface area contributed by atoms with Gasteiger partial charge in [-0.3, -0.25) is 0 Å². The molecule has 8 aromatic carbocycles. The van der Waals surface area contributed by atoms with Crippen LogP contribution in [-0.2, 0) is 10.8 Å². The Bertz CT molecular complexity index is 3090. The fraction of sp³-hybridized carbons (Fsp3) is 0.111. The zero-order valence-electron chi connectivity index (χ0n) is 32.3. The summed E-state index contributed by atoms with van der Waals surface area (Å²) in [6.45, 7) is 18.1. The molecule has 0 saturated heterocycles. The average Bonchev–Trinajstić information content (AvgIpc) is 3.56. The van der Waals surface area contributed by atoms with Crippen LogP contribution in [0.2, 0.25) is 0 Å². The predicted molar refractivity (Wildman–Crippen MR) is 239 cm³/mol. The van der Waals surface area contributed by atoms with Crippen molar-refractivity contribution in [1.82, 2.24) is 4.57 Å². The molecule has 0 amide bonds. The Hall–Kier alpha value is -6.64. The van der Waals surface area contributed by atoms with Crippen molar-refractivity contribution in [1.29, 1.82) is 0 Å². The summed E-state index contributed by atoms with van der Waals surface area (Å²) in [7, 11) is 0. The molecule has 11 rings (SSSR count). The standard InChI is InChI=1S/C54H42N2/c1-7-33(2)39-29-44-45-30-40(32-49-51(45)56-50(44)48(31-39)53(3,4)46-17-12-18-47(52(46)56)54(49,5)6)36-19-23-41(24-20-36)55(42-25-21-34-13-8-10-15-37(34)27-42)43-26-22-35-14-9-11-16-38(35)28-43/h7-32H,1-2H2,3-6H3. The number of allylic oxidation sites excluding steroid dienone is 2. The zero-order valence-corrected chi connectivity index (χ0v) is 32.3. The van der Waals surface area contributed by atoms with Crippen molar-refractivity contribution in [2.75, 3.05) is 4.90 Å². The van der Waals surface area contributed by atoms with Crippen LogP contribution >= 0.6 is 0 Å². The number of rotatable bonds is 6. The Balaban J connectivity index is 1.12. The SMILES string of the molecule is C=CC(=C)c1cc2c3c(c1)c1cc(-c4ccc(N(c5ccc6ccccc6c5)c5ccc6ccccc6c5)cc4)cc4c1n3-c1c(cccc1C4(C)C)C2(C)C. The number of benzene rings is 8. The van der Waals surface area contributed by atoms with Gasteiger partial charge in [0.2, 0.25) is 0 Å². The monoisotopic (exact) mass is 718 g/mol. The average molecular weight is 719 g/mol. The molecule has 0 saturated carbocycles. The maximum atomic E-state index is 4.41. The second-order valence-corrected chi connectivity index (χ2v) is 16.8. The summed E-state index contributed by atoms with van der Waals surface area (Å²) in [6, 6.07) is 56.5. The first-order valence-corrected chi connectivity index (χ1v) is 19.6. The summed E-state index contributed by atoms with van der Waals surface area (Å²) in [6.07, 6.45) is 1.88. The van der Waals surface area contributed by atoms with Crippen LogP contribution < -0.4 is 4.90 Å². The van der Waals surface area contributed by atoms with E-state index in [0.29, 0.717) is 0 Å². The molecule has 56 heavy (non-hydrogen) atoms. The molecule has 0 spiro atoms. The number of nitrogens with zero attached hydrogens (tertiary/aromatic N) is 2. The van der Waals surface area contributed by atoms with E-state index in [1.54, 1.807) is 0 Å². The van der Waals surface area contributed by atoms with Gasteiger partial charge in [-0.05, 0) is 127 Å². The first-order chi connectivity index (χ1) is 27.1. The molecule has 1 aromatic heterocycles. The molecule has 0 atom stereocenters. The summed E-state index contributed by atoms with van der Waals surface area (Å²) in [5, 5.41) is 7.48. The molecular weight excluding hydrogens is 677 g/mol. The van der Waals surface area contributed by atoms with Gasteiger partial charge in [-0.25, -0.2) is 0 Å². The summed E-state index contributed by atoms with van der Waals surface area (Å²) in [5.74, 6) is 0. The Morgan fingerprint density at radius 1 is 0.500 bits per heavy atom. The molecule has 0 bridgehead atoms. The number of hydrogen-bond donors (Lipinski definition) is 0. The molecule has 268 valence electrons. The lowest BCUT2D eigenvalue weighted by molar-refractivity contribution is 0.593. The largest absolute Gasteiger partial charge is 0.310 e. The van der Waals surface area contributed by atoms with Crippen LogP contribution in [0.25, 0.3) is 65.7 Å². The van der Waals surface area contributed by atoms with Gasteiger partial charge in [0, 0.05) is 38.7 Å². The third-order valence-electron chi connectivity index (χ3n) is 13.0.